The van der Waals surface area contributed by atoms with Gasteiger partial charge in [-0.15, -0.1) is 0 Å². The van der Waals surface area contributed by atoms with E-state index >= 15 is 0 Å². The first-order valence-electron chi connectivity index (χ1n) is 10.3. The molecule has 0 bridgehead atoms. The van der Waals surface area contributed by atoms with Crippen LogP contribution < -0.4 is 10.1 Å². The van der Waals surface area contributed by atoms with E-state index in [1.807, 2.05) is 29.2 Å². The van der Waals surface area contributed by atoms with E-state index in [1.54, 1.807) is 7.11 Å². The summed E-state index contributed by atoms with van der Waals surface area (Å²) in [4.78, 5) is 17.2. The molecule has 3 aliphatic heterocycles. The molecule has 3 aliphatic rings. The Morgan fingerprint density at radius 1 is 1.15 bits per heavy atom. The van der Waals surface area contributed by atoms with Gasteiger partial charge < -0.3 is 24.6 Å². The quantitative estimate of drug-likeness (QED) is 0.883. The van der Waals surface area contributed by atoms with Crippen LogP contribution in [0.3, 0.4) is 0 Å². The van der Waals surface area contributed by atoms with Crippen molar-refractivity contribution >= 4 is 11.7 Å². The molecule has 2 amide bonds. The summed E-state index contributed by atoms with van der Waals surface area (Å²) in [5.41, 5.74) is 0.770. The van der Waals surface area contributed by atoms with Gasteiger partial charge in [0.25, 0.3) is 0 Å². The van der Waals surface area contributed by atoms with Gasteiger partial charge in [-0.25, -0.2) is 4.79 Å². The van der Waals surface area contributed by atoms with Crippen LogP contribution in [0, 0.1) is 0 Å². The molecule has 3 fully saturated rings. The number of hydrogen-bond acceptors (Lipinski definition) is 4. The van der Waals surface area contributed by atoms with Gasteiger partial charge in [0.1, 0.15) is 5.75 Å². The SMILES string of the molecule is COc1ccc(NC(=O)N2CCC3(CC2)CC(N2CCCC2)CCO3)cc1. The number of likely N-dealkylation sites (tertiary alicyclic amines) is 2. The lowest BCUT2D eigenvalue weighted by Gasteiger charge is -2.47. The van der Waals surface area contributed by atoms with Crippen LogP contribution in [0.1, 0.15) is 38.5 Å². The van der Waals surface area contributed by atoms with E-state index < -0.39 is 0 Å². The van der Waals surface area contributed by atoms with Gasteiger partial charge in [0.2, 0.25) is 0 Å². The van der Waals surface area contributed by atoms with Crippen molar-refractivity contribution < 1.29 is 14.3 Å². The van der Waals surface area contributed by atoms with Gasteiger partial charge in [0.15, 0.2) is 0 Å². The summed E-state index contributed by atoms with van der Waals surface area (Å²) in [6, 6.07) is 8.09. The number of rotatable bonds is 3. The molecule has 3 saturated heterocycles. The minimum atomic E-state index is -0.0260. The van der Waals surface area contributed by atoms with Gasteiger partial charge in [0, 0.05) is 31.4 Å². The molecule has 0 aromatic heterocycles. The van der Waals surface area contributed by atoms with Crippen LogP contribution in [0.4, 0.5) is 10.5 Å². The number of benzene rings is 1. The number of nitrogens with one attached hydrogen (secondary N) is 1. The first-order chi connectivity index (χ1) is 13.2. The Kier molecular flexibility index (Phi) is 5.55. The normalized spacial score (nSPS) is 25.5. The monoisotopic (exact) mass is 373 g/mol. The first-order valence-corrected chi connectivity index (χ1v) is 10.3. The molecule has 1 aromatic carbocycles. The van der Waals surface area contributed by atoms with Crippen LogP contribution in [0.15, 0.2) is 24.3 Å². The molecular weight excluding hydrogens is 342 g/mol. The molecule has 3 heterocycles. The molecule has 0 radical (unpaired) electrons. The zero-order valence-electron chi connectivity index (χ0n) is 16.3. The largest absolute Gasteiger partial charge is 0.497 e. The number of anilines is 1. The number of carbonyl (C=O) groups excluding carboxylic acids is 1. The van der Waals surface area contributed by atoms with E-state index in [-0.39, 0.29) is 11.6 Å². The van der Waals surface area contributed by atoms with E-state index in [0.29, 0.717) is 6.04 Å². The van der Waals surface area contributed by atoms with E-state index in [0.717, 1.165) is 56.8 Å². The van der Waals surface area contributed by atoms with Gasteiger partial charge in [-0.2, -0.15) is 0 Å². The van der Waals surface area contributed by atoms with E-state index in [4.69, 9.17) is 9.47 Å². The van der Waals surface area contributed by atoms with Crippen molar-refractivity contribution in [1.82, 2.24) is 9.80 Å². The third kappa shape index (κ3) is 4.22. The van der Waals surface area contributed by atoms with Gasteiger partial charge in [-0.05, 0) is 75.9 Å². The Morgan fingerprint density at radius 2 is 1.85 bits per heavy atom. The van der Waals surface area contributed by atoms with E-state index in [2.05, 4.69) is 10.2 Å². The second kappa shape index (κ2) is 8.07. The van der Waals surface area contributed by atoms with Crippen molar-refractivity contribution in [3.05, 3.63) is 24.3 Å². The number of piperidine rings is 1. The second-order valence-electron chi connectivity index (χ2n) is 8.07. The molecule has 148 valence electrons. The molecule has 1 N–H and O–H groups in total. The van der Waals surface area contributed by atoms with Crippen molar-refractivity contribution in [2.75, 3.05) is 45.2 Å². The van der Waals surface area contributed by atoms with E-state index in [9.17, 15) is 4.79 Å². The highest BCUT2D eigenvalue weighted by Crippen LogP contribution is 2.37. The van der Waals surface area contributed by atoms with Crippen molar-refractivity contribution in [1.29, 1.82) is 0 Å². The number of hydrogen-bond donors (Lipinski definition) is 1. The lowest BCUT2D eigenvalue weighted by molar-refractivity contribution is -0.127. The van der Waals surface area contributed by atoms with Crippen molar-refractivity contribution in [3.63, 3.8) is 0 Å². The van der Waals surface area contributed by atoms with Crippen LogP contribution >= 0.6 is 0 Å². The zero-order valence-corrected chi connectivity index (χ0v) is 16.3. The summed E-state index contributed by atoms with van der Waals surface area (Å²) in [5.74, 6) is 0.787. The maximum absolute atomic E-state index is 12.6. The number of urea groups is 1. The molecule has 0 saturated carbocycles. The summed E-state index contributed by atoms with van der Waals surface area (Å²) in [6.07, 6.45) is 6.83. The third-order valence-corrected chi connectivity index (χ3v) is 6.43. The Hall–Kier alpha value is -1.79. The van der Waals surface area contributed by atoms with Crippen LogP contribution in [0.25, 0.3) is 0 Å². The fraction of sp³-hybridized carbons (Fsp3) is 0.667. The van der Waals surface area contributed by atoms with Crippen molar-refractivity contribution in [3.8, 4) is 5.75 Å². The predicted octanol–water partition coefficient (Wildman–Crippen LogP) is 3.34. The molecule has 6 heteroatoms. The molecule has 1 atom stereocenters. The van der Waals surface area contributed by atoms with Gasteiger partial charge >= 0.3 is 6.03 Å². The maximum atomic E-state index is 12.6. The summed E-state index contributed by atoms with van der Waals surface area (Å²) in [6.45, 7) is 4.87. The van der Waals surface area contributed by atoms with Crippen LogP contribution in [0.5, 0.6) is 5.75 Å². The number of ether oxygens (including phenoxy) is 2. The van der Waals surface area contributed by atoms with Gasteiger partial charge in [-0.1, -0.05) is 0 Å². The fourth-order valence-electron chi connectivity index (χ4n) is 4.76. The van der Waals surface area contributed by atoms with Crippen molar-refractivity contribution in [2.45, 2.75) is 50.2 Å². The van der Waals surface area contributed by atoms with Crippen LogP contribution in [-0.2, 0) is 4.74 Å². The second-order valence-corrected chi connectivity index (χ2v) is 8.07. The molecule has 1 unspecified atom stereocenters. The standard InChI is InChI=1S/C21H31N3O3/c1-26-19-6-4-17(5-7-19)22-20(25)24-13-9-21(10-14-24)16-18(8-15-27-21)23-11-2-3-12-23/h4-7,18H,2-3,8-16H2,1H3,(H,22,25). The van der Waals surface area contributed by atoms with Crippen LogP contribution in [-0.4, -0.2) is 67.4 Å². The Bertz CT molecular complexity index is 635. The summed E-state index contributed by atoms with van der Waals surface area (Å²) in [7, 11) is 1.64. The molecule has 1 spiro atoms. The average Bonchev–Trinajstić information content (AvgIpc) is 3.24. The molecule has 0 aliphatic carbocycles. The highest BCUT2D eigenvalue weighted by Gasteiger charge is 2.42. The minimum Gasteiger partial charge on any atom is -0.497 e. The average molecular weight is 373 g/mol. The smallest absolute Gasteiger partial charge is 0.321 e. The predicted molar refractivity (Wildman–Crippen MR) is 105 cm³/mol. The third-order valence-electron chi connectivity index (χ3n) is 6.43. The summed E-state index contributed by atoms with van der Waals surface area (Å²) >= 11 is 0. The van der Waals surface area contributed by atoms with Crippen LogP contribution in [0.2, 0.25) is 0 Å². The Labute approximate surface area is 161 Å². The van der Waals surface area contributed by atoms with E-state index in [1.165, 1.54) is 25.9 Å². The van der Waals surface area contributed by atoms with Gasteiger partial charge in [-0.3, -0.25) is 0 Å². The minimum absolute atomic E-state index is 0.0254. The van der Waals surface area contributed by atoms with Crippen molar-refractivity contribution in [2.24, 2.45) is 0 Å². The lowest BCUT2D eigenvalue weighted by atomic mass is 9.82. The summed E-state index contributed by atoms with van der Waals surface area (Å²) in [5, 5.41) is 2.99. The fourth-order valence-corrected chi connectivity index (χ4v) is 4.76. The molecule has 4 rings (SSSR count). The first kappa shape index (κ1) is 18.6. The Balaban J connectivity index is 1.30. The zero-order chi connectivity index (χ0) is 18.7. The Morgan fingerprint density at radius 3 is 2.52 bits per heavy atom. The molecular formula is C21H31N3O3. The molecule has 1 aromatic rings. The summed E-state index contributed by atoms with van der Waals surface area (Å²) < 4.78 is 11.4. The van der Waals surface area contributed by atoms with Gasteiger partial charge in [0.05, 0.1) is 12.7 Å². The highest BCUT2D eigenvalue weighted by atomic mass is 16.5. The number of carbonyl (C=O) groups is 1. The lowest BCUT2D eigenvalue weighted by Crippen LogP contribution is -2.54. The molecule has 27 heavy (non-hydrogen) atoms. The number of nitrogens with zero attached hydrogens (tertiary/aromatic N) is 2. The highest BCUT2D eigenvalue weighted by molar-refractivity contribution is 5.89. The number of methoxy groups -OCH3 is 1. The topological polar surface area (TPSA) is 54.0 Å². The maximum Gasteiger partial charge on any atom is 0.321 e. The number of amides is 2. The molecule has 6 nitrogen and oxygen atoms in total.